The topological polar surface area (TPSA) is 94.5 Å². The van der Waals surface area contributed by atoms with Crippen LogP contribution < -0.4 is 0 Å². The molecule has 2 N–H and O–H groups in total. The van der Waals surface area contributed by atoms with Gasteiger partial charge in [-0.05, 0) is 34.6 Å². The van der Waals surface area contributed by atoms with Crippen molar-refractivity contribution in [1.29, 1.82) is 0 Å². The van der Waals surface area contributed by atoms with Gasteiger partial charge >= 0.3 is 5.97 Å². The highest BCUT2D eigenvalue weighted by atomic mass is 16.8. The molecule has 2 aliphatic heterocycles. The molecular formula is C14H24O7. The number of ether oxygens (including phenoxy) is 4. The summed E-state index contributed by atoms with van der Waals surface area (Å²) in [6.07, 6.45) is -4.25. The number of carbonyl (C=O) groups is 1. The van der Waals surface area contributed by atoms with Crippen LogP contribution in [0, 0.1) is 5.41 Å². The van der Waals surface area contributed by atoms with Crippen molar-refractivity contribution in [3.05, 3.63) is 0 Å². The van der Waals surface area contributed by atoms with Crippen LogP contribution in [-0.4, -0.2) is 59.3 Å². The molecule has 5 unspecified atom stereocenters. The van der Waals surface area contributed by atoms with E-state index in [1.165, 1.54) is 0 Å². The van der Waals surface area contributed by atoms with Crippen molar-refractivity contribution < 1.29 is 34.0 Å². The maximum Gasteiger partial charge on any atom is 0.311 e. The SMILES string of the molecule is CC1(C)OC2OC(C(O)CO)C(OC(=O)C(C)(C)C)C2O1. The van der Waals surface area contributed by atoms with Gasteiger partial charge < -0.3 is 29.2 Å². The van der Waals surface area contributed by atoms with Gasteiger partial charge in [0.15, 0.2) is 24.3 Å². The van der Waals surface area contributed by atoms with Crippen molar-refractivity contribution in [3.8, 4) is 0 Å². The zero-order valence-electron chi connectivity index (χ0n) is 13.0. The Kier molecular flexibility index (Phi) is 4.34. The van der Waals surface area contributed by atoms with Crippen LogP contribution in [0.4, 0.5) is 0 Å². The molecule has 0 aromatic heterocycles. The molecule has 0 radical (unpaired) electrons. The minimum absolute atomic E-state index is 0.430. The summed E-state index contributed by atoms with van der Waals surface area (Å²) in [6.45, 7) is 8.16. The summed E-state index contributed by atoms with van der Waals surface area (Å²) in [5.74, 6) is -1.28. The molecule has 2 heterocycles. The van der Waals surface area contributed by atoms with Crippen molar-refractivity contribution in [2.75, 3.05) is 6.61 Å². The quantitative estimate of drug-likeness (QED) is 0.718. The van der Waals surface area contributed by atoms with E-state index in [-0.39, 0.29) is 0 Å². The molecule has 2 saturated heterocycles. The third kappa shape index (κ3) is 3.37. The van der Waals surface area contributed by atoms with Crippen LogP contribution in [-0.2, 0) is 23.7 Å². The molecule has 21 heavy (non-hydrogen) atoms. The number of carbonyl (C=O) groups excluding carboxylic acids is 1. The largest absolute Gasteiger partial charge is 0.456 e. The lowest BCUT2D eigenvalue weighted by Crippen LogP contribution is -2.46. The first-order valence-electron chi connectivity index (χ1n) is 7.06. The lowest BCUT2D eigenvalue weighted by molar-refractivity contribution is -0.232. The van der Waals surface area contributed by atoms with E-state index in [2.05, 4.69) is 0 Å². The predicted molar refractivity (Wildman–Crippen MR) is 71.1 cm³/mol. The Hall–Kier alpha value is -0.730. The summed E-state index contributed by atoms with van der Waals surface area (Å²) in [4.78, 5) is 12.1. The summed E-state index contributed by atoms with van der Waals surface area (Å²) >= 11 is 0. The second-order valence-corrected chi connectivity index (χ2v) is 6.94. The fourth-order valence-corrected chi connectivity index (χ4v) is 2.35. The van der Waals surface area contributed by atoms with E-state index in [9.17, 15) is 9.90 Å². The van der Waals surface area contributed by atoms with Crippen LogP contribution in [0.1, 0.15) is 34.6 Å². The number of esters is 1. The fraction of sp³-hybridized carbons (Fsp3) is 0.929. The molecular weight excluding hydrogens is 280 g/mol. The molecule has 5 atom stereocenters. The molecule has 0 bridgehead atoms. The second kappa shape index (κ2) is 5.48. The third-order valence-electron chi connectivity index (χ3n) is 3.45. The standard InChI is InChI=1S/C14H24O7/c1-13(2,3)12(17)19-9-8(7(16)6-15)18-11-10(9)20-14(4,5)21-11/h7-11,15-16H,6H2,1-5H3. The minimum atomic E-state index is -1.18. The van der Waals surface area contributed by atoms with Crippen molar-refractivity contribution in [3.63, 3.8) is 0 Å². The monoisotopic (exact) mass is 304 g/mol. The van der Waals surface area contributed by atoms with Gasteiger partial charge in [-0.3, -0.25) is 4.79 Å². The van der Waals surface area contributed by atoms with Gasteiger partial charge in [0.1, 0.15) is 12.2 Å². The van der Waals surface area contributed by atoms with Crippen LogP contribution in [0.2, 0.25) is 0 Å². The van der Waals surface area contributed by atoms with Crippen molar-refractivity contribution >= 4 is 5.97 Å². The van der Waals surface area contributed by atoms with Crippen LogP contribution in [0.25, 0.3) is 0 Å². The van der Waals surface area contributed by atoms with Gasteiger partial charge in [-0.25, -0.2) is 0 Å². The number of fused-ring (bicyclic) bond motifs is 1. The second-order valence-electron chi connectivity index (χ2n) is 6.94. The van der Waals surface area contributed by atoms with Gasteiger partial charge in [0.2, 0.25) is 0 Å². The maximum atomic E-state index is 12.1. The van der Waals surface area contributed by atoms with Crippen molar-refractivity contribution in [2.24, 2.45) is 5.41 Å². The Labute approximate surface area is 124 Å². The smallest absolute Gasteiger partial charge is 0.311 e. The minimum Gasteiger partial charge on any atom is -0.456 e. The molecule has 0 saturated carbocycles. The van der Waals surface area contributed by atoms with Crippen molar-refractivity contribution in [1.82, 2.24) is 0 Å². The van der Waals surface area contributed by atoms with E-state index < -0.39 is 54.5 Å². The molecule has 0 aliphatic carbocycles. The van der Waals surface area contributed by atoms with Gasteiger partial charge in [0.25, 0.3) is 0 Å². The first-order chi connectivity index (χ1) is 9.55. The fourth-order valence-electron chi connectivity index (χ4n) is 2.35. The Balaban J connectivity index is 2.17. The Bertz CT molecular complexity index is 401. The molecule has 2 fully saturated rings. The van der Waals surface area contributed by atoms with Gasteiger partial charge in [-0.1, -0.05) is 0 Å². The third-order valence-corrected chi connectivity index (χ3v) is 3.45. The predicted octanol–water partition coefficient (Wildman–Crippen LogP) is 0.174. The highest BCUT2D eigenvalue weighted by Gasteiger charge is 2.58. The number of hydrogen-bond acceptors (Lipinski definition) is 7. The Morgan fingerprint density at radius 2 is 1.95 bits per heavy atom. The highest BCUT2D eigenvalue weighted by molar-refractivity contribution is 5.75. The van der Waals surface area contributed by atoms with E-state index in [0.29, 0.717) is 0 Å². The summed E-state index contributed by atoms with van der Waals surface area (Å²) in [7, 11) is 0. The summed E-state index contributed by atoms with van der Waals surface area (Å²) < 4.78 is 22.3. The van der Waals surface area contributed by atoms with Gasteiger partial charge in [-0.15, -0.1) is 0 Å². The van der Waals surface area contributed by atoms with Crippen LogP contribution in [0.5, 0.6) is 0 Å². The number of hydrogen-bond donors (Lipinski definition) is 2. The van der Waals surface area contributed by atoms with Gasteiger partial charge in [0.05, 0.1) is 12.0 Å². The Morgan fingerprint density at radius 1 is 1.33 bits per heavy atom. The molecule has 2 aliphatic rings. The number of rotatable bonds is 3. The van der Waals surface area contributed by atoms with E-state index in [1.807, 2.05) is 0 Å². The summed E-state index contributed by atoms with van der Waals surface area (Å²) in [5.41, 5.74) is -0.693. The molecule has 0 aromatic carbocycles. The zero-order valence-corrected chi connectivity index (χ0v) is 13.0. The summed E-state index contributed by atoms with van der Waals surface area (Å²) in [5, 5.41) is 19.0. The van der Waals surface area contributed by atoms with Gasteiger partial charge in [0, 0.05) is 0 Å². The molecule has 2 rings (SSSR count). The molecule has 0 aromatic rings. The lowest BCUT2D eigenvalue weighted by Gasteiger charge is -2.29. The van der Waals surface area contributed by atoms with E-state index in [0.717, 1.165) is 0 Å². The van der Waals surface area contributed by atoms with Crippen molar-refractivity contribution in [2.45, 2.75) is 71.1 Å². The van der Waals surface area contributed by atoms with Crippen LogP contribution >= 0.6 is 0 Å². The molecule has 0 spiro atoms. The average molecular weight is 304 g/mol. The maximum absolute atomic E-state index is 12.1. The van der Waals surface area contributed by atoms with E-state index in [4.69, 9.17) is 24.1 Å². The molecule has 122 valence electrons. The average Bonchev–Trinajstić information content (AvgIpc) is 2.80. The van der Waals surface area contributed by atoms with E-state index in [1.54, 1.807) is 34.6 Å². The number of aliphatic hydroxyl groups is 2. The molecule has 7 nitrogen and oxygen atoms in total. The van der Waals surface area contributed by atoms with Crippen LogP contribution in [0.15, 0.2) is 0 Å². The lowest BCUT2D eigenvalue weighted by atomic mass is 9.97. The molecule has 0 amide bonds. The number of aliphatic hydroxyl groups excluding tert-OH is 2. The Morgan fingerprint density at radius 3 is 2.48 bits per heavy atom. The van der Waals surface area contributed by atoms with Gasteiger partial charge in [-0.2, -0.15) is 0 Å². The zero-order chi connectivity index (χ0) is 16.0. The van der Waals surface area contributed by atoms with E-state index >= 15 is 0 Å². The first-order valence-corrected chi connectivity index (χ1v) is 7.06. The summed E-state index contributed by atoms with van der Waals surface area (Å²) in [6, 6.07) is 0. The normalized spacial score (nSPS) is 36.3. The molecule has 7 heteroatoms. The van der Waals surface area contributed by atoms with Crippen LogP contribution in [0.3, 0.4) is 0 Å². The highest BCUT2D eigenvalue weighted by Crippen LogP contribution is 2.40. The first kappa shape index (κ1) is 16.6.